The van der Waals surface area contributed by atoms with E-state index in [1.54, 1.807) is 0 Å². The van der Waals surface area contributed by atoms with Gasteiger partial charge in [-0.3, -0.25) is 0 Å². The molecular formula is C12H22N2O2. The lowest BCUT2D eigenvalue weighted by atomic mass is 9.90. The average Bonchev–Trinajstić information content (AvgIpc) is 2.87. The van der Waals surface area contributed by atoms with Crippen LogP contribution in [0.15, 0.2) is 0 Å². The van der Waals surface area contributed by atoms with Gasteiger partial charge in [0.1, 0.15) is 5.60 Å². The summed E-state index contributed by atoms with van der Waals surface area (Å²) in [6.07, 6.45) is 3.19. The highest BCUT2D eigenvalue weighted by Gasteiger charge is 2.51. The van der Waals surface area contributed by atoms with Crippen molar-refractivity contribution < 1.29 is 9.53 Å². The normalized spacial score (nSPS) is 27.6. The highest BCUT2D eigenvalue weighted by Crippen LogP contribution is 2.50. The van der Waals surface area contributed by atoms with Crippen LogP contribution in [0, 0.1) is 5.41 Å². The van der Waals surface area contributed by atoms with Gasteiger partial charge in [-0.25, -0.2) is 4.79 Å². The third-order valence-electron chi connectivity index (χ3n) is 3.41. The zero-order valence-corrected chi connectivity index (χ0v) is 10.4. The minimum Gasteiger partial charge on any atom is -0.444 e. The number of carbonyl (C=O) groups is 1. The van der Waals surface area contributed by atoms with E-state index in [2.05, 4.69) is 10.6 Å². The van der Waals surface area contributed by atoms with Crippen molar-refractivity contribution in [3.05, 3.63) is 0 Å². The predicted molar refractivity (Wildman–Crippen MR) is 62.3 cm³/mol. The van der Waals surface area contributed by atoms with Crippen molar-refractivity contribution in [1.82, 2.24) is 10.6 Å². The molecule has 4 heteroatoms. The summed E-state index contributed by atoms with van der Waals surface area (Å²) in [6.45, 7) is 7.70. The Kier molecular flexibility index (Phi) is 2.86. The molecule has 0 radical (unpaired) electrons. The van der Waals surface area contributed by atoms with E-state index in [1.807, 2.05) is 20.8 Å². The molecule has 1 aliphatic heterocycles. The lowest BCUT2D eigenvalue weighted by Gasteiger charge is -2.33. The summed E-state index contributed by atoms with van der Waals surface area (Å²) in [5.41, 5.74) is -0.0805. The van der Waals surface area contributed by atoms with Crippen LogP contribution in [0.4, 0.5) is 4.79 Å². The largest absolute Gasteiger partial charge is 0.444 e. The number of hydrogen-bond donors (Lipinski definition) is 2. The Bertz CT molecular complexity index is 279. The van der Waals surface area contributed by atoms with Gasteiger partial charge in [-0.2, -0.15) is 0 Å². The van der Waals surface area contributed by atoms with Gasteiger partial charge in [0.05, 0.1) is 0 Å². The van der Waals surface area contributed by atoms with Gasteiger partial charge in [0, 0.05) is 18.0 Å². The van der Waals surface area contributed by atoms with Crippen LogP contribution in [0.1, 0.15) is 40.0 Å². The molecule has 2 rings (SSSR count). The van der Waals surface area contributed by atoms with E-state index < -0.39 is 5.60 Å². The first-order chi connectivity index (χ1) is 7.41. The molecule has 2 aliphatic rings. The van der Waals surface area contributed by atoms with E-state index in [-0.39, 0.29) is 6.09 Å². The van der Waals surface area contributed by atoms with Crippen molar-refractivity contribution in [3.8, 4) is 0 Å². The molecule has 2 fully saturated rings. The van der Waals surface area contributed by atoms with Crippen LogP contribution in [-0.4, -0.2) is 30.8 Å². The first-order valence-corrected chi connectivity index (χ1v) is 6.12. The summed E-state index contributed by atoms with van der Waals surface area (Å²) < 4.78 is 5.29. The van der Waals surface area contributed by atoms with E-state index >= 15 is 0 Å². The molecule has 1 spiro atoms. The summed E-state index contributed by atoms with van der Waals surface area (Å²) in [4.78, 5) is 11.7. The number of nitrogens with one attached hydrogen (secondary N) is 2. The molecule has 16 heavy (non-hydrogen) atoms. The van der Waals surface area contributed by atoms with Gasteiger partial charge in [0.15, 0.2) is 0 Å². The molecule has 1 saturated carbocycles. The lowest BCUT2D eigenvalue weighted by molar-refractivity contribution is 0.0465. The first kappa shape index (κ1) is 11.7. The monoisotopic (exact) mass is 226 g/mol. The number of alkyl carbamates (subject to hydrolysis) is 1. The molecule has 1 atom stereocenters. The molecule has 1 aliphatic carbocycles. The molecular weight excluding hydrogens is 204 g/mol. The molecule has 2 N–H and O–H groups in total. The molecule has 0 aromatic rings. The van der Waals surface area contributed by atoms with Gasteiger partial charge >= 0.3 is 6.09 Å². The van der Waals surface area contributed by atoms with Gasteiger partial charge < -0.3 is 15.4 Å². The van der Waals surface area contributed by atoms with Crippen molar-refractivity contribution in [1.29, 1.82) is 0 Å². The Balaban J connectivity index is 1.86. The summed E-state index contributed by atoms with van der Waals surface area (Å²) in [5.74, 6) is 0. The SMILES string of the molecule is CC(C)(C)OC(=O)N[C@H]1CCNCC12CC2. The van der Waals surface area contributed by atoms with E-state index in [4.69, 9.17) is 4.74 Å². The summed E-state index contributed by atoms with van der Waals surface area (Å²) in [6, 6.07) is 0.295. The number of carbonyl (C=O) groups excluding carboxylic acids is 1. The quantitative estimate of drug-likeness (QED) is 0.715. The van der Waals surface area contributed by atoms with Crippen LogP contribution in [-0.2, 0) is 4.74 Å². The van der Waals surface area contributed by atoms with E-state index in [0.717, 1.165) is 19.5 Å². The topological polar surface area (TPSA) is 50.4 Å². The summed E-state index contributed by atoms with van der Waals surface area (Å²) >= 11 is 0. The van der Waals surface area contributed by atoms with Gasteiger partial charge in [0.2, 0.25) is 0 Å². The van der Waals surface area contributed by atoms with E-state index in [1.165, 1.54) is 12.8 Å². The van der Waals surface area contributed by atoms with E-state index in [9.17, 15) is 4.79 Å². The summed E-state index contributed by atoms with van der Waals surface area (Å²) in [5, 5.41) is 6.42. The molecule has 4 nitrogen and oxygen atoms in total. The zero-order chi connectivity index (χ0) is 11.8. The molecule has 1 amide bonds. The highest BCUT2D eigenvalue weighted by molar-refractivity contribution is 5.68. The minimum atomic E-state index is -0.409. The van der Waals surface area contributed by atoms with Gasteiger partial charge in [0.25, 0.3) is 0 Å². The van der Waals surface area contributed by atoms with Gasteiger partial charge in [-0.1, -0.05) is 0 Å². The highest BCUT2D eigenvalue weighted by atomic mass is 16.6. The second-order valence-electron chi connectivity index (χ2n) is 6.03. The Morgan fingerprint density at radius 1 is 1.44 bits per heavy atom. The van der Waals surface area contributed by atoms with Crippen LogP contribution in [0.25, 0.3) is 0 Å². The van der Waals surface area contributed by atoms with E-state index in [0.29, 0.717) is 11.5 Å². The third-order valence-corrected chi connectivity index (χ3v) is 3.41. The van der Waals surface area contributed by atoms with Crippen molar-refractivity contribution >= 4 is 6.09 Å². The molecule has 92 valence electrons. The first-order valence-electron chi connectivity index (χ1n) is 6.12. The standard InChI is InChI=1S/C12H22N2O2/c1-11(2,3)16-10(15)14-9-4-7-13-8-12(9)5-6-12/h9,13H,4-8H2,1-3H3,(H,14,15)/t9-/m0/s1. The minimum absolute atomic E-state index is 0.273. The Morgan fingerprint density at radius 2 is 2.12 bits per heavy atom. The second-order valence-corrected chi connectivity index (χ2v) is 6.03. The fourth-order valence-electron chi connectivity index (χ4n) is 2.37. The number of hydrogen-bond acceptors (Lipinski definition) is 3. The fourth-order valence-corrected chi connectivity index (χ4v) is 2.37. The zero-order valence-electron chi connectivity index (χ0n) is 10.4. The predicted octanol–water partition coefficient (Wildman–Crippen LogP) is 1.65. The van der Waals surface area contributed by atoms with Crippen molar-refractivity contribution in [3.63, 3.8) is 0 Å². The maximum absolute atomic E-state index is 11.7. The maximum Gasteiger partial charge on any atom is 0.407 e. The molecule has 1 heterocycles. The van der Waals surface area contributed by atoms with Crippen molar-refractivity contribution in [2.24, 2.45) is 5.41 Å². The molecule has 0 unspecified atom stereocenters. The Morgan fingerprint density at radius 3 is 2.69 bits per heavy atom. The Hall–Kier alpha value is -0.770. The molecule has 0 aromatic carbocycles. The fraction of sp³-hybridized carbons (Fsp3) is 0.917. The van der Waals surface area contributed by atoms with Gasteiger partial charge in [-0.15, -0.1) is 0 Å². The van der Waals surface area contributed by atoms with Crippen LogP contribution in [0.5, 0.6) is 0 Å². The second kappa shape index (κ2) is 3.91. The molecule has 1 saturated heterocycles. The smallest absolute Gasteiger partial charge is 0.407 e. The van der Waals surface area contributed by atoms with Crippen molar-refractivity contribution in [2.45, 2.75) is 51.7 Å². The molecule has 0 aromatic heterocycles. The van der Waals surface area contributed by atoms with Crippen LogP contribution >= 0.6 is 0 Å². The Labute approximate surface area is 97.1 Å². The maximum atomic E-state index is 11.7. The third kappa shape index (κ3) is 2.67. The number of amides is 1. The number of piperidine rings is 1. The van der Waals surface area contributed by atoms with Crippen LogP contribution in [0.2, 0.25) is 0 Å². The van der Waals surface area contributed by atoms with Crippen molar-refractivity contribution in [2.75, 3.05) is 13.1 Å². The van der Waals surface area contributed by atoms with Crippen LogP contribution in [0.3, 0.4) is 0 Å². The molecule has 0 bridgehead atoms. The van der Waals surface area contributed by atoms with Gasteiger partial charge in [-0.05, 0) is 46.6 Å². The lowest BCUT2D eigenvalue weighted by Crippen LogP contribution is -2.51. The number of rotatable bonds is 1. The summed E-state index contributed by atoms with van der Waals surface area (Å²) in [7, 11) is 0. The average molecular weight is 226 g/mol. The van der Waals surface area contributed by atoms with Crippen LogP contribution < -0.4 is 10.6 Å². The number of ether oxygens (including phenoxy) is 1.